The third-order valence-corrected chi connectivity index (χ3v) is 5.98. The zero-order chi connectivity index (χ0) is 23.4. The molecule has 0 aliphatic carbocycles. The molecule has 7 rings (SSSR count). The molecular formula is C26H17N7O2. The van der Waals surface area contributed by atoms with E-state index in [1.807, 2.05) is 60.7 Å². The third kappa shape index (κ3) is 3.29. The van der Waals surface area contributed by atoms with Gasteiger partial charge in [-0.1, -0.05) is 24.3 Å². The number of nitrogens with one attached hydrogen (secondary N) is 3. The van der Waals surface area contributed by atoms with E-state index < -0.39 is 0 Å². The molecule has 1 aliphatic rings. The van der Waals surface area contributed by atoms with Crippen LogP contribution in [0.5, 0.6) is 5.75 Å². The van der Waals surface area contributed by atoms with Gasteiger partial charge in [0.15, 0.2) is 18.1 Å². The van der Waals surface area contributed by atoms with Crippen molar-refractivity contribution >= 4 is 33.7 Å². The molecule has 1 aliphatic heterocycles. The highest BCUT2D eigenvalue weighted by atomic mass is 16.5. The number of hydrogen-bond acceptors (Lipinski definition) is 6. The van der Waals surface area contributed by atoms with Gasteiger partial charge in [-0.2, -0.15) is 5.10 Å². The zero-order valence-corrected chi connectivity index (χ0v) is 18.2. The fourth-order valence-electron chi connectivity index (χ4n) is 4.35. The molecular weight excluding hydrogens is 442 g/mol. The number of hydrogen-bond donors (Lipinski definition) is 3. The van der Waals surface area contributed by atoms with E-state index in [4.69, 9.17) is 14.7 Å². The minimum atomic E-state index is -0.282. The van der Waals surface area contributed by atoms with Crippen LogP contribution < -0.4 is 10.1 Å². The Morgan fingerprint density at radius 2 is 1.80 bits per heavy atom. The molecule has 168 valence electrons. The van der Waals surface area contributed by atoms with E-state index in [2.05, 4.69) is 25.5 Å². The van der Waals surface area contributed by atoms with Crippen LogP contribution in [0.4, 0.5) is 5.69 Å². The van der Waals surface area contributed by atoms with E-state index in [1.165, 1.54) is 0 Å². The number of para-hydroxylation sites is 1. The number of imidazole rings is 1. The van der Waals surface area contributed by atoms with Gasteiger partial charge in [-0.3, -0.25) is 14.9 Å². The second-order valence-corrected chi connectivity index (χ2v) is 8.28. The summed E-state index contributed by atoms with van der Waals surface area (Å²) in [4.78, 5) is 30.0. The van der Waals surface area contributed by atoms with Crippen molar-refractivity contribution in [2.24, 2.45) is 0 Å². The number of fused-ring (bicyclic) bond motifs is 9. The molecule has 4 aromatic heterocycles. The van der Waals surface area contributed by atoms with Crippen LogP contribution in [0.3, 0.4) is 0 Å². The van der Waals surface area contributed by atoms with Gasteiger partial charge in [-0.15, -0.1) is 0 Å². The maximum absolute atomic E-state index is 12.6. The van der Waals surface area contributed by atoms with Gasteiger partial charge in [0.05, 0.1) is 34.1 Å². The molecule has 0 radical (unpaired) electrons. The fourth-order valence-corrected chi connectivity index (χ4v) is 4.35. The van der Waals surface area contributed by atoms with E-state index in [0.717, 1.165) is 33.2 Å². The fraction of sp³-hybridized carbons (Fsp3) is 0.0385. The standard InChI is InChI=1S/C26H17N7O2/c34-22-13-35-17-4-1-3-14(10-17)18-5-2-6-20-23(18)31-26(30-20)25-24-21(32-33-25)8-7-19(29-24)15-9-16(28-22)12-27-11-15/h1-12H,13H2,(H,28,34)(H,30,31)(H,32,33). The summed E-state index contributed by atoms with van der Waals surface area (Å²) < 4.78 is 5.78. The second-order valence-electron chi connectivity index (χ2n) is 8.28. The van der Waals surface area contributed by atoms with Crippen LogP contribution in [0.25, 0.3) is 56.0 Å². The number of carbonyl (C=O) groups excluding carboxylic acids is 1. The highest BCUT2D eigenvalue weighted by molar-refractivity contribution is 5.97. The topological polar surface area (TPSA) is 121 Å². The number of aromatic amines is 2. The normalized spacial score (nSPS) is 13.0. The molecule has 0 spiro atoms. The summed E-state index contributed by atoms with van der Waals surface area (Å²) in [6, 6.07) is 19.2. The Morgan fingerprint density at radius 1 is 0.857 bits per heavy atom. The van der Waals surface area contributed by atoms with Gasteiger partial charge in [0.1, 0.15) is 11.3 Å². The summed E-state index contributed by atoms with van der Waals surface area (Å²) in [6.07, 6.45) is 3.30. The molecule has 9 heteroatoms. The number of ether oxygens (including phenoxy) is 1. The summed E-state index contributed by atoms with van der Waals surface area (Å²) in [6.45, 7) is -0.132. The minimum absolute atomic E-state index is 0.132. The first kappa shape index (κ1) is 19.4. The quantitative estimate of drug-likeness (QED) is 0.306. The lowest BCUT2D eigenvalue weighted by molar-refractivity contribution is -0.118. The van der Waals surface area contributed by atoms with Crippen LogP contribution in [0, 0.1) is 0 Å². The summed E-state index contributed by atoms with van der Waals surface area (Å²) in [5, 5.41) is 10.4. The summed E-state index contributed by atoms with van der Waals surface area (Å²) in [5.74, 6) is 0.928. The number of anilines is 1. The van der Waals surface area contributed by atoms with Crippen LogP contribution in [0.2, 0.25) is 0 Å². The first-order chi connectivity index (χ1) is 17.2. The Kier molecular flexibility index (Phi) is 4.16. The van der Waals surface area contributed by atoms with Gasteiger partial charge < -0.3 is 15.0 Å². The molecule has 1 amide bonds. The van der Waals surface area contributed by atoms with Gasteiger partial charge in [0.2, 0.25) is 0 Å². The summed E-state index contributed by atoms with van der Waals surface area (Å²) in [5.41, 5.74) is 7.68. The molecule has 2 aromatic carbocycles. The Hall–Kier alpha value is -5.05. The first-order valence-corrected chi connectivity index (χ1v) is 11.0. The average molecular weight is 459 g/mol. The van der Waals surface area contributed by atoms with Crippen molar-refractivity contribution in [2.75, 3.05) is 11.9 Å². The number of carbonyl (C=O) groups is 1. The molecule has 5 heterocycles. The molecule has 0 atom stereocenters. The van der Waals surface area contributed by atoms with E-state index in [0.29, 0.717) is 34.2 Å². The predicted molar refractivity (Wildman–Crippen MR) is 132 cm³/mol. The molecule has 3 N–H and O–H groups in total. The van der Waals surface area contributed by atoms with Crippen molar-refractivity contribution in [2.45, 2.75) is 0 Å². The Balaban J connectivity index is 1.48. The largest absolute Gasteiger partial charge is 0.484 e. The minimum Gasteiger partial charge on any atom is -0.484 e. The highest BCUT2D eigenvalue weighted by Gasteiger charge is 2.17. The van der Waals surface area contributed by atoms with E-state index >= 15 is 0 Å². The van der Waals surface area contributed by atoms with Crippen molar-refractivity contribution in [1.29, 1.82) is 0 Å². The monoisotopic (exact) mass is 459 g/mol. The lowest BCUT2D eigenvalue weighted by Gasteiger charge is -2.10. The highest BCUT2D eigenvalue weighted by Crippen LogP contribution is 2.33. The number of benzene rings is 2. The molecule has 9 nitrogen and oxygen atoms in total. The van der Waals surface area contributed by atoms with Crippen molar-refractivity contribution in [3.63, 3.8) is 0 Å². The summed E-state index contributed by atoms with van der Waals surface area (Å²) >= 11 is 0. The first-order valence-electron chi connectivity index (χ1n) is 11.0. The number of rotatable bonds is 0. The van der Waals surface area contributed by atoms with Gasteiger partial charge in [0, 0.05) is 17.3 Å². The molecule has 0 fully saturated rings. The number of aromatic nitrogens is 6. The molecule has 0 unspecified atom stereocenters. The Bertz CT molecular complexity index is 1770. The van der Waals surface area contributed by atoms with Crippen LogP contribution in [-0.2, 0) is 4.79 Å². The Labute approximate surface area is 198 Å². The Morgan fingerprint density at radius 3 is 2.77 bits per heavy atom. The van der Waals surface area contributed by atoms with E-state index in [1.54, 1.807) is 12.4 Å². The van der Waals surface area contributed by atoms with Crippen molar-refractivity contribution in [1.82, 2.24) is 30.1 Å². The van der Waals surface area contributed by atoms with E-state index in [9.17, 15) is 4.79 Å². The van der Waals surface area contributed by atoms with Gasteiger partial charge in [-0.25, -0.2) is 9.97 Å². The summed E-state index contributed by atoms with van der Waals surface area (Å²) in [7, 11) is 0. The molecule has 0 saturated carbocycles. The number of pyridine rings is 2. The number of nitrogens with zero attached hydrogens (tertiary/aromatic N) is 4. The van der Waals surface area contributed by atoms with Crippen LogP contribution >= 0.6 is 0 Å². The van der Waals surface area contributed by atoms with Gasteiger partial charge in [-0.05, 0) is 42.0 Å². The van der Waals surface area contributed by atoms with Crippen LogP contribution in [0.15, 0.2) is 73.1 Å². The van der Waals surface area contributed by atoms with Crippen molar-refractivity contribution in [3.8, 4) is 39.7 Å². The molecule has 6 aromatic rings. The lowest BCUT2D eigenvalue weighted by Crippen LogP contribution is -2.20. The molecule has 35 heavy (non-hydrogen) atoms. The predicted octanol–water partition coefficient (Wildman–Crippen LogP) is 4.56. The SMILES string of the molecule is O=C1COc2cccc(c2)-c2cccc3[nH]c(nc23)-c2n[nH]c3ccc(nc23)-c2cncc(c2)N1. The lowest BCUT2D eigenvalue weighted by atomic mass is 10.0. The maximum atomic E-state index is 12.6. The zero-order valence-electron chi connectivity index (χ0n) is 18.2. The van der Waals surface area contributed by atoms with Gasteiger partial charge >= 0.3 is 0 Å². The van der Waals surface area contributed by atoms with Crippen molar-refractivity contribution < 1.29 is 9.53 Å². The van der Waals surface area contributed by atoms with Crippen molar-refractivity contribution in [3.05, 3.63) is 73.1 Å². The van der Waals surface area contributed by atoms with Gasteiger partial charge in [0.25, 0.3) is 5.91 Å². The third-order valence-electron chi connectivity index (χ3n) is 5.98. The number of amides is 1. The maximum Gasteiger partial charge on any atom is 0.262 e. The van der Waals surface area contributed by atoms with E-state index in [-0.39, 0.29) is 12.5 Å². The molecule has 0 saturated heterocycles. The second kappa shape index (κ2) is 7.49. The van der Waals surface area contributed by atoms with Crippen LogP contribution in [-0.4, -0.2) is 42.6 Å². The molecule has 8 bridgehead atoms. The smallest absolute Gasteiger partial charge is 0.262 e. The number of H-pyrrole nitrogens is 2. The van der Waals surface area contributed by atoms with Crippen LogP contribution in [0.1, 0.15) is 0 Å². The average Bonchev–Trinajstić information content (AvgIpc) is 3.51.